The molecule has 26 heavy (non-hydrogen) atoms. The van der Waals surface area contributed by atoms with Crippen LogP contribution in [0, 0.1) is 5.82 Å². The number of nitrogens with one attached hydrogen (secondary N) is 3. The quantitative estimate of drug-likeness (QED) is 0.640. The van der Waals surface area contributed by atoms with E-state index in [4.69, 9.17) is 9.15 Å². The Labute approximate surface area is 148 Å². The molecule has 2 rings (SSSR count). The number of para-hydroxylation sites is 1. The third kappa shape index (κ3) is 5.62. The van der Waals surface area contributed by atoms with Crippen molar-refractivity contribution in [2.45, 2.75) is 19.4 Å². The normalized spacial score (nSPS) is 11.3. The van der Waals surface area contributed by atoms with Crippen molar-refractivity contribution in [1.29, 1.82) is 0 Å². The Morgan fingerprint density at radius 3 is 2.62 bits per heavy atom. The predicted octanol–water partition coefficient (Wildman–Crippen LogP) is 1.15. The van der Waals surface area contributed by atoms with Gasteiger partial charge in [-0.25, -0.2) is 4.39 Å². The van der Waals surface area contributed by atoms with E-state index in [1.807, 2.05) is 0 Å². The maximum Gasteiger partial charge on any atom is 0.286 e. The van der Waals surface area contributed by atoms with E-state index in [2.05, 4.69) is 16.2 Å². The number of halogens is 1. The molecule has 0 aliphatic heterocycles. The Hall–Kier alpha value is -3.36. The fraction of sp³-hybridized carbons (Fsp3) is 0.235. The highest BCUT2D eigenvalue weighted by molar-refractivity contribution is 5.91. The van der Waals surface area contributed by atoms with Gasteiger partial charge in [0.2, 0.25) is 5.91 Å². The van der Waals surface area contributed by atoms with Crippen LogP contribution in [0.3, 0.4) is 0 Å². The molecule has 2 aromatic rings. The van der Waals surface area contributed by atoms with Gasteiger partial charge in [0.25, 0.3) is 11.8 Å². The summed E-state index contributed by atoms with van der Waals surface area (Å²) in [7, 11) is 0. The lowest BCUT2D eigenvalue weighted by Crippen LogP contribution is -2.47. The van der Waals surface area contributed by atoms with Gasteiger partial charge in [-0.3, -0.25) is 25.2 Å². The first-order valence-electron chi connectivity index (χ1n) is 7.79. The molecule has 8 nitrogen and oxygen atoms in total. The Kier molecular flexibility index (Phi) is 6.72. The van der Waals surface area contributed by atoms with Crippen molar-refractivity contribution in [2.75, 3.05) is 6.54 Å². The van der Waals surface area contributed by atoms with E-state index in [0.29, 0.717) is 0 Å². The van der Waals surface area contributed by atoms with Gasteiger partial charge in [0, 0.05) is 13.0 Å². The molecule has 0 bridgehead atoms. The summed E-state index contributed by atoms with van der Waals surface area (Å²) in [5.74, 6) is -2.14. The Bertz CT molecular complexity index is 764. The molecule has 0 aliphatic rings. The van der Waals surface area contributed by atoms with E-state index in [1.54, 1.807) is 12.1 Å². The molecule has 1 aromatic carbocycles. The Morgan fingerprint density at radius 1 is 1.15 bits per heavy atom. The van der Waals surface area contributed by atoms with E-state index < -0.39 is 29.6 Å². The van der Waals surface area contributed by atoms with Crippen molar-refractivity contribution in [3.63, 3.8) is 0 Å². The van der Waals surface area contributed by atoms with Crippen LogP contribution in [0.2, 0.25) is 0 Å². The van der Waals surface area contributed by atoms with Crippen LogP contribution >= 0.6 is 0 Å². The highest BCUT2D eigenvalue weighted by Crippen LogP contribution is 2.16. The number of hydrogen-bond donors (Lipinski definition) is 3. The molecule has 1 aromatic heterocycles. The fourth-order valence-corrected chi connectivity index (χ4v) is 1.86. The molecule has 3 amide bonds. The number of furan rings is 1. The highest BCUT2D eigenvalue weighted by atomic mass is 19.1. The van der Waals surface area contributed by atoms with Gasteiger partial charge >= 0.3 is 0 Å². The average molecular weight is 363 g/mol. The zero-order chi connectivity index (χ0) is 18.9. The zero-order valence-electron chi connectivity index (χ0n) is 14.0. The minimum absolute atomic E-state index is 0.0581. The van der Waals surface area contributed by atoms with Crippen molar-refractivity contribution >= 4 is 17.7 Å². The van der Waals surface area contributed by atoms with Gasteiger partial charge in [-0.1, -0.05) is 12.1 Å². The minimum atomic E-state index is -1.02. The van der Waals surface area contributed by atoms with Gasteiger partial charge in [-0.05, 0) is 31.2 Å². The van der Waals surface area contributed by atoms with Crippen LogP contribution in [0.1, 0.15) is 23.9 Å². The standard InChI is InChI=1S/C17H18FN3O5/c1-11(26-13-6-3-2-5-12(13)18)16(23)21-20-15(22)8-9-19-17(24)14-7-4-10-25-14/h2-7,10-11H,8-9H2,1H3,(H,19,24)(H,20,22)(H,21,23)/t11-/m1/s1. The second-order valence-corrected chi connectivity index (χ2v) is 5.21. The van der Waals surface area contributed by atoms with Crippen molar-refractivity contribution in [3.05, 3.63) is 54.2 Å². The van der Waals surface area contributed by atoms with Gasteiger partial charge < -0.3 is 14.5 Å². The van der Waals surface area contributed by atoms with Crippen LogP contribution in [0.25, 0.3) is 0 Å². The first kappa shape index (κ1) is 19.0. The second kappa shape index (κ2) is 9.21. The van der Waals surface area contributed by atoms with Gasteiger partial charge in [0.1, 0.15) is 0 Å². The smallest absolute Gasteiger partial charge is 0.286 e. The highest BCUT2D eigenvalue weighted by Gasteiger charge is 2.17. The van der Waals surface area contributed by atoms with Gasteiger partial charge in [0.15, 0.2) is 23.4 Å². The number of amides is 3. The lowest BCUT2D eigenvalue weighted by atomic mass is 10.3. The number of hydrogen-bond acceptors (Lipinski definition) is 5. The number of ether oxygens (including phenoxy) is 1. The van der Waals surface area contributed by atoms with Crippen molar-refractivity contribution < 1.29 is 27.9 Å². The first-order chi connectivity index (χ1) is 12.5. The van der Waals surface area contributed by atoms with E-state index in [9.17, 15) is 18.8 Å². The van der Waals surface area contributed by atoms with Crippen molar-refractivity contribution in [2.24, 2.45) is 0 Å². The molecule has 1 atom stereocenters. The second-order valence-electron chi connectivity index (χ2n) is 5.21. The third-order valence-electron chi connectivity index (χ3n) is 3.22. The molecular formula is C17H18FN3O5. The lowest BCUT2D eigenvalue weighted by Gasteiger charge is -2.15. The Balaban J connectivity index is 1.67. The molecule has 9 heteroatoms. The maximum absolute atomic E-state index is 13.5. The lowest BCUT2D eigenvalue weighted by molar-refractivity contribution is -0.132. The molecule has 0 saturated heterocycles. The van der Waals surface area contributed by atoms with Gasteiger partial charge in [-0.15, -0.1) is 0 Å². The molecule has 0 radical (unpaired) electrons. The molecule has 0 unspecified atom stereocenters. The van der Waals surface area contributed by atoms with Gasteiger partial charge in [0.05, 0.1) is 6.26 Å². The molecular weight excluding hydrogens is 345 g/mol. The van der Waals surface area contributed by atoms with E-state index in [1.165, 1.54) is 37.5 Å². The first-order valence-corrected chi connectivity index (χ1v) is 7.79. The molecule has 0 saturated carbocycles. The minimum Gasteiger partial charge on any atom is -0.478 e. The SMILES string of the molecule is C[C@@H](Oc1ccccc1F)C(=O)NNC(=O)CCNC(=O)c1ccco1. The summed E-state index contributed by atoms with van der Waals surface area (Å²) in [5, 5.41) is 2.49. The Morgan fingerprint density at radius 2 is 1.92 bits per heavy atom. The zero-order valence-corrected chi connectivity index (χ0v) is 14.0. The van der Waals surface area contributed by atoms with Crippen LogP contribution in [0.4, 0.5) is 4.39 Å². The molecule has 0 spiro atoms. The molecule has 1 heterocycles. The topological polar surface area (TPSA) is 110 Å². The monoisotopic (exact) mass is 363 g/mol. The van der Waals surface area contributed by atoms with Gasteiger partial charge in [-0.2, -0.15) is 0 Å². The summed E-state index contributed by atoms with van der Waals surface area (Å²) < 4.78 is 23.6. The van der Waals surface area contributed by atoms with Crippen LogP contribution in [0.5, 0.6) is 5.75 Å². The number of carbonyl (C=O) groups is 3. The summed E-state index contributed by atoms with van der Waals surface area (Å²) in [4.78, 5) is 35.1. The number of hydrazine groups is 1. The molecule has 0 aliphatic carbocycles. The van der Waals surface area contributed by atoms with Crippen LogP contribution in [-0.4, -0.2) is 30.4 Å². The number of carbonyl (C=O) groups excluding carboxylic acids is 3. The summed E-state index contributed by atoms with van der Waals surface area (Å²) in [6, 6.07) is 8.73. The molecule has 3 N–H and O–H groups in total. The van der Waals surface area contributed by atoms with Crippen molar-refractivity contribution in [3.8, 4) is 5.75 Å². The van der Waals surface area contributed by atoms with E-state index >= 15 is 0 Å². The average Bonchev–Trinajstić information content (AvgIpc) is 3.16. The predicted molar refractivity (Wildman–Crippen MR) is 88.4 cm³/mol. The van der Waals surface area contributed by atoms with E-state index in [-0.39, 0.29) is 24.5 Å². The molecule has 0 fully saturated rings. The van der Waals surface area contributed by atoms with Crippen LogP contribution in [0.15, 0.2) is 47.1 Å². The number of benzene rings is 1. The summed E-state index contributed by atoms with van der Waals surface area (Å²) in [5.41, 5.74) is 4.36. The third-order valence-corrected chi connectivity index (χ3v) is 3.22. The summed E-state index contributed by atoms with van der Waals surface area (Å²) >= 11 is 0. The largest absolute Gasteiger partial charge is 0.478 e. The summed E-state index contributed by atoms with van der Waals surface area (Å²) in [6.45, 7) is 1.47. The van der Waals surface area contributed by atoms with Crippen molar-refractivity contribution in [1.82, 2.24) is 16.2 Å². The van der Waals surface area contributed by atoms with Crippen LogP contribution < -0.4 is 20.9 Å². The van der Waals surface area contributed by atoms with Crippen LogP contribution in [-0.2, 0) is 9.59 Å². The fourth-order valence-electron chi connectivity index (χ4n) is 1.86. The number of rotatable bonds is 7. The molecule has 138 valence electrons. The maximum atomic E-state index is 13.5. The summed E-state index contributed by atoms with van der Waals surface area (Å²) in [6.07, 6.45) is 0.280. The van der Waals surface area contributed by atoms with E-state index in [0.717, 1.165) is 0 Å².